The molecule has 2 aromatic rings. The Kier molecular flexibility index (Phi) is 12.5. The van der Waals surface area contributed by atoms with Crippen LogP contribution >= 0.6 is 0 Å². The summed E-state index contributed by atoms with van der Waals surface area (Å²) >= 11 is 0. The van der Waals surface area contributed by atoms with Gasteiger partial charge in [0.25, 0.3) is 5.91 Å². The summed E-state index contributed by atoms with van der Waals surface area (Å²) in [6, 6.07) is 10.6. The van der Waals surface area contributed by atoms with Gasteiger partial charge < -0.3 is 36.1 Å². The number of nitrogens with one attached hydrogen (secondary N) is 5. The Morgan fingerprint density at radius 2 is 1.73 bits per heavy atom. The first-order chi connectivity index (χ1) is 21.0. The maximum absolute atomic E-state index is 13.4. The van der Waals surface area contributed by atoms with E-state index >= 15 is 0 Å². The molecule has 5 amide bonds. The third-order valence-electron chi connectivity index (χ3n) is 7.11. The van der Waals surface area contributed by atoms with Crippen LogP contribution in [0.15, 0.2) is 48.5 Å². The van der Waals surface area contributed by atoms with Gasteiger partial charge in [0.05, 0.1) is 25.1 Å². The third kappa shape index (κ3) is 9.99. The fourth-order valence-electron chi connectivity index (χ4n) is 4.63. The molecule has 0 aromatic heterocycles. The third-order valence-corrected chi connectivity index (χ3v) is 7.11. The van der Waals surface area contributed by atoms with E-state index in [0.29, 0.717) is 19.4 Å². The fourth-order valence-corrected chi connectivity index (χ4v) is 4.63. The van der Waals surface area contributed by atoms with Crippen LogP contribution in [0.4, 0.5) is 0 Å². The molecule has 44 heavy (non-hydrogen) atoms. The van der Waals surface area contributed by atoms with Crippen LogP contribution in [0, 0.1) is 5.92 Å². The standard InChI is InChI=1S/C32H43N5O7/c1-19(2)28-32(42)34-20(3)18-44-26-14-7-6-13-24(26)30(40)36-25(17-27(38)35-21(4)29(39)37-28)31(41)33-15-9-11-22-10-8-12-23(16-22)43-5/h6-8,10,12-14,16,19-21,25,28H,9,11,15,17-18H2,1-5H3,(H,33,41)(H,34,42)(H,35,38)(H,36,40)(H,37,39)/t20-,21-,25-,28+/m0/s1. The SMILES string of the molecule is COc1cccc(CCCNC(=O)[C@@H]2CC(=O)N[C@@H](C)C(=O)N[C@H](C(C)C)C(=O)N[C@@H](C)COc3ccccc3C(=O)N2)c1. The van der Waals surface area contributed by atoms with Crippen molar-refractivity contribution in [3.8, 4) is 11.5 Å². The van der Waals surface area contributed by atoms with E-state index in [1.807, 2.05) is 24.3 Å². The van der Waals surface area contributed by atoms with Crippen LogP contribution in [0.1, 0.15) is 56.5 Å². The van der Waals surface area contributed by atoms with E-state index in [-0.39, 0.29) is 23.8 Å². The van der Waals surface area contributed by atoms with Crippen LogP contribution in [-0.2, 0) is 25.6 Å². The van der Waals surface area contributed by atoms with Crippen LogP contribution in [0.5, 0.6) is 11.5 Å². The molecule has 5 N–H and O–H groups in total. The minimum atomic E-state index is -1.23. The van der Waals surface area contributed by atoms with Crippen LogP contribution in [0.3, 0.4) is 0 Å². The Labute approximate surface area is 258 Å². The molecule has 0 radical (unpaired) electrons. The zero-order valence-corrected chi connectivity index (χ0v) is 25.9. The molecule has 1 aliphatic rings. The lowest BCUT2D eigenvalue weighted by atomic mass is 10.0. The van der Waals surface area contributed by atoms with Gasteiger partial charge in [0, 0.05) is 6.54 Å². The Morgan fingerprint density at radius 1 is 0.977 bits per heavy atom. The first-order valence-corrected chi connectivity index (χ1v) is 14.8. The second-order valence-electron chi connectivity index (χ2n) is 11.2. The Bertz CT molecular complexity index is 1330. The number of methoxy groups -OCH3 is 1. The van der Waals surface area contributed by atoms with Gasteiger partial charge in [0.1, 0.15) is 36.2 Å². The Morgan fingerprint density at radius 3 is 2.45 bits per heavy atom. The number of aryl methyl sites for hydroxylation is 1. The van der Waals surface area contributed by atoms with Crippen molar-refractivity contribution in [1.82, 2.24) is 26.6 Å². The maximum atomic E-state index is 13.4. The van der Waals surface area contributed by atoms with Gasteiger partial charge in [-0.15, -0.1) is 0 Å². The number of amides is 5. The van der Waals surface area contributed by atoms with Crippen molar-refractivity contribution < 1.29 is 33.4 Å². The molecular weight excluding hydrogens is 566 g/mol. The highest BCUT2D eigenvalue weighted by Gasteiger charge is 2.30. The smallest absolute Gasteiger partial charge is 0.255 e. The van der Waals surface area contributed by atoms with Crippen LogP contribution in [0.2, 0.25) is 0 Å². The Hall–Kier alpha value is -4.61. The number of hydrogen-bond acceptors (Lipinski definition) is 7. The van der Waals surface area contributed by atoms with Gasteiger partial charge in [0.2, 0.25) is 23.6 Å². The summed E-state index contributed by atoms with van der Waals surface area (Å²) in [5, 5.41) is 13.6. The van der Waals surface area contributed by atoms with Gasteiger partial charge in [-0.25, -0.2) is 0 Å². The molecule has 3 rings (SSSR count). The molecule has 12 heteroatoms. The fraction of sp³-hybridized carbons (Fsp3) is 0.469. The van der Waals surface area contributed by atoms with Crippen LogP contribution in [0.25, 0.3) is 0 Å². The molecule has 1 heterocycles. The number of hydrogen-bond donors (Lipinski definition) is 5. The first kappa shape index (κ1) is 33.9. The molecule has 238 valence electrons. The van der Waals surface area contributed by atoms with Crippen molar-refractivity contribution in [2.45, 2.75) is 71.1 Å². The van der Waals surface area contributed by atoms with E-state index in [0.717, 1.165) is 11.3 Å². The van der Waals surface area contributed by atoms with Crippen LogP contribution < -0.4 is 36.1 Å². The zero-order chi connectivity index (χ0) is 32.2. The molecule has 0 unspecified atom stereocenters. The number of carbonyl (C=O) groups excluding carboxylic acids is 5. The molecule has 2 aromatic carbocycles. The molecule has 0 aliphatic carbocycles. The topological polar surface area (TPSA) is 164 Å². The number of rotatable bonds is 7. The van der Waals surface area contributed by atoms with Gasteiger partial charge in [-0.2, -0.15) is 0 Å². The first-order valence-electron chi connectivity index (χ1n) is 14.8. The lowest BCUT2D eigenvalue weighted by molar-refractivity contribution is -0.133. The highest BCUT2D eigenvalue weighted by Crippen LogP contribution is 2.19. The second-order valence-corrected chi connectivity index (χ2v) is 11.2. The summed E-state index contributed by atoms with van der Waals surface area (Å²) in [5.41, 5.74) is 1.21. The van der Waals surface area contributed by atoms with Crippen molar-refractivity contribution in [2.75, 3.05) is 20.3 Å². The van der Waals surface area contributed by atoms with Crippen molar-refractivity contribution in [2.24, 2.45) is 5.92 Å². The van der Waals surface area contributed by atoms with Crippen molar-refractivity contribution in [3.63, 3.8) is 0 Å². The normalized spacial score (nSPS) is 21.9. The number of para-hydroxylation sites is 1. The number of fused-ring (bicyclic) bond motifs is 1. The van der Waals surface area contributed by atoms with Crippen molar-refractivity contribution in [3.05, 3.63) is 59.7 Å². The molecule has 1 aliphatic heterocycles. The van der Waals surface area contributed by atoms with Crippen LogP contribution in [-0.4, -0.2) is 74.0 Å². The molecule has 0 bridgehead atoms. The van der Waals surface area contributed by atoms with Gasteiger partial charge >= 0.3 is 0 Å². The lowest BCUT2D eigenvalue weighted by Gasteiger charge is -2.25. The van der Waals surface area contributed by atoms with Crippen molar-refractivity contribution >= 4 is 29.5 Å². The highest BCUT2D eigenvalue weighted by atomic mass is 16.5. The predicted octanol–water partition coefficient (Wildman–Crippen LogP) is 1.48. The average molecular weight is 610 g/mol. The summed E-state index contributed by atoms with van der Waals surface area (Å²) < 4.78 is 11.1. The molecule has 0 saturated heterocycles. The molecule has 0 spiro atoms. The highest BCUT2D eigenvalue weighted by molar-refractivity contribution is 6.01. The van der Waals surface area contributed by atoms with E-state index in [1.165, 1.54) is 6.92 Å². The minimum Gasteiger partial charge on any atom is -0.497 e. The van der Waals surface area contributed by atoms with E-state index in [1.54, 1.807) is 52.1 Å². The molecule has 0 fully saturated rings. The predicted molar refractivity (Wildman–Crippen MR) is 164 cm³/mol. The van der Waals surface area contributed by atoms with Gasteiger partial charge in [0.15, 0.2) is 0 Å². The largest absolute Gasteiger partial charge is 0.497 e. The summed E-state index contributed by atoms with van der Waals surface area (Å²) in [5.74, 6) is -2.00. The average Bonchev–Trinajstić information content (AvgIpc) is 2.99. The number of ether oxygens (including phenoxy) is 2. The van der Waals surface area contributed by atoms with Gasteiger partial charge in [-0.1, -0.05) is 38.1 Å². The quantitative estimate of drug-likeness (QED) is 0.297. The van der Waals surface area contributed by atoms with Crippen molar-refractivity contribution in [1.29, 1.82) is 0 Å². The van der Waals surface area contributed by atoms with E-state index in [4.69, 9.17) is 9.47 Å². The van der Waals surface area contributed by atoms with Gasteiger partial charge in [-0.3, -0.25) is 24.0 Å². The summed E-state index contributed by atoms with van der Waals surface area (Å²) in [6.45, 7) is 7.16. The Balaban J connectivity index is 1.79. The second kappa shape index (κ2) is 16.3. The van der Waals surface area contributed by atoms with Gasteiger partial charge in [-0.05, 0) is 62.4 Å². The number of carbonyl (C=O) groups is 5. The maximum Gasteiger partial charge on any atom is 0.255 e. The summed E-state index contributed by atoms with van der Waals surface area (Å²) in [6.07, 6.45) is 0.875. The molecule has 0 saturated carbocycles. The zero-order valence-electron chi connectivity index (χ0n) is 25.9. The summed E-state index contributed by atoms with van der Waals surface area (Å²) in [7, 11) is 1.60. The lowest BCUT2D eigenvalue weighted by Crippen LogP contribution is -2.56. The van der Waals surface area contributed by atoms with E-state index in [9.17, 15) is 24.0 Å². The molecule has 12 nitrogen and oxygen atoms in total. The summed E-state index contributed by atoms with van der Waals surface area (Å²) in [4.78, 5) is 65.5. The molecule has 4 atom stereocenters. The molecular formula is C32H43N5O7. The minimum absolute atomic E-state index is 0.0441. The van der Waals surface area contributed by atoms with E-state index < -0.39 is 60.1 Å². The number of benzene rings is 2. The van der Waals surface area contributed by atoms with E-state index in [2.05, 4.69) is 26.6 Å². The monoisotopic (exact) mass is 609 g/mol.